The standard InChI is InChI=1S/C21H22N2O4S/c1-14-19(20(24)25)28-21(23-14)22-13-16-8-9-17(18(12-16)26-2)27-11-10-15-6-4-3-5-7-15/h3-9,12H,10-11,13H2,1-2H3,(H,22,23)(H,24,25)/p-1. The lowest BCUT2D eigenvalue weighted by molar-refractivity contribution is -0.254. The molecule has 0 spiro atoms. The van der Waals surface area contributed by atoms with Gasteiger partial charge in [-0.3, -0.25) is 0 Å². The summed E-state index contributed by atoms with van der Waals surface area (Å²) in [6, 6.07) is 15.9. The zero-order valence-electron chi connectivity index (χ0n) is 15.7. The van der Waals surface area contributed by atoms with Crippen LogP contribution in [0.25, 0.3) is 0 Å². The van der Waals surface area contributed by atoms with Crippen LogP contribution in [-0.4, -0.2) is 24.7 Å². The molecule has 0 unspecified atom stereocenters. The van der Waals surface area contributed by atoms with Crippen molar-refractivity contribution in [2.24, 2.45) is 0 Å². The number of benzene rings is 2. The van der Waals surface area contributed by atoms with E-state index < -0.39 is 5.97 Å². The van der Waals surface area contributed by atoms with E-state index in [4.69, 9.17) is 9.47 Å². The first-order valence-corrected chi connectivity index (χ1v) is 9.64. The lowest BCUT2D eigenvalue weighted by Gasteiger charge is -2.12. The normalized spacial score (nSPS) is 10.5. The number of carbonyl (C=O) groups is 1. The second-order valence-corrected chi connectivity index (χ2v) is 7.14. The molecule has 0 saturated carbocycles. The monoisotopic (exact) mass is 397 g/mol. The van der Waals surface area contributed by atoms with Gasteiger partial charge in [0.2, 0.25) is 0 Å². The number of aryl methyl sites for hydroxylation is 1. The molecule has 3 aromatic rings. The first-order chi connectivity index (χ1) is 13.6. The number of aromatic carboxylic acids is 1. The quantitative estimate of drug-likeness (QED) is 0.597. The molecule has 0 atom stereocenters. The van der Waals surface area contributed by atoms with Gasteiger partial charge in [-0.05, 0) is 30.2 Å². The number of hydrogen-bond acceptors (Lipinski definition) is 7. The highest BCUT2D eigenvalue weighted by molar-refractivity contribution is 7.17. The Bertz CT molecular complexity index is 941. The van der Waals surface area contributed by atoms with E-state index in [0.29, 0.717) is 35.5 Å². The third kappa shape index (κ3) is 5.01. The van der Waals surface area contributed by atoms with Crippen molar-refractivity contribution in [1.82, 2.24) is 4.98 Å². The van der Waals surface area contributed by atoms with Gasteiger partial charge in [-0.25, -0.2) is 4.98 Å². The topological polar surface area (TPSA) is 83.5 Å². The molecule has 0 aliphatic carbocycles. The molecule has 2 aromatic carbocycles. The van der Waals surface area contributed by atoms with Gasteiger partial charge in [-0.15, -0.1) is 0 Å². The summed E-state index contributed by atoms with van der Waals surface area (Å²) in [5.74, 6) is 0.131. The van der Waals surface area contributed by atoms with Crippen LogP contribution in [0.3, 0.4) is 0 Å². The largest absolute Gasteiger partial charge is 0.544 e. The zero-order chi connectivity index (χ0) is 19.9. The van der Waals surface area contributed by atoms with E-state index in [1.54, 1.807) is 14.0 Å². The van der Waals surface area contributed by atoms with Crippen molar-refractivity contribution in [3.63, 3.8) is 0 Å². The molecule has 3 rings (SSSR count). The van der Waals surface area contributed by atoms with Gasteiger partial charge in [0.25, 0.3) is 0 Å². The van der Waals surface area contributed by atoms with Crippen molar-refractivity contribution >= 4 is 22.4 Å². The number of aromatic nitrogens is 1. The number of anilines is 1. The Balaban J connectivity index is 1.59. The lowest BCUT2D eigenvalue weighted by atomic mass is 10.1. The summed E-state index contributed by atoms with van der Waals surface area (Å²) < 4.78 is 11.3. The second-order valence-electron chi connectivity index (χ2n) is 6.14. The van der Waals surface area contributed by atoms with Crippen LogP contribution in [0.15, 0.2) is 48.5 Å². The fourth-order valence-corrected chi connectivity index (χ4v) is 3.50. The van der Waals surface area contributed by atoms with E-state index in [9.17, 15) is 9.90 Å². The van der Waals surface area contributed by atoms with Gasteiger partial charge < -0.3 is 24.7 Å². The van der Waals surface area contributed by atoms with Gasteiger partial charge in [0, 0.05) is 13.0 Å². The van der Waals surface area contributed by atoms with Crippen molar-refractivity contribution in [3.8, 4) is 11.5 Å². The summed E-state index contributed by atoms with van der Waals surface area (Å²) in [6.45, 7) is 2.69. The molecule has 0 bridgehead atoms. The van der Waals surface area contributed by atoms with Crippen LogP contribution in [0.5, 0.6) is 11.5 Å². The molecule has 1 aromatic heterocycles. The van der Waals surface area contributed by atoms with Gasteiger partial charge in [0.05, 0.1) is 30.3 Å². The van der Waals surface area contributed by atoms with E-state index in [2.05, 4.69) is 22.4 Å². The van der Waals surface area contributed by atoms with E-state index in [1.165, 1.54) is 5.56 Å². The smallest absolute Gasteiger partial charge is 0.183 e. The number of nitrogens with zero attached hydrogens (tertiary/aromatic N) is 1. The number of thiazole rings is 1. The molecule has 0 fully saturated rings. The third-order valence-electron chi connectivity index (χ3n) is 4.14. The molecule has 0 saturated heterocycles. The fraction of sp³-hybridized carbons (Fsp3) is 0.238. The van der Waals surface area contributed by atoms with Crippen LogP contribution < -0.4 is 19.9 Å². The number of carboxylic acid groups (broad SMARTS) is 1. The summed E-state index contributed by atoms with van der Waals surface area (Å²) in [5, 5.41) is 14.7. The van der Waals surface area contributed by atoms with Crippen LogP contribution >= 0.6 is 11.3 Å². The van der Waals surface area contributed by atoms with Gasteiger partial charge in [-0.2, -0.15) is 0 Å². The summed E-state index contributed by atoms with van der Waals surface area (Å²) in [4.78, 5) is 15.4. The zero-order valence-corrected chi connectivity index (χ0v) is 16.5. The molecular formula is C21H21N2O4S-. The molecule has 0 aliphatic rings. The van der Waals surface area contributed by atoms with E-state index in [-0.39, 0.29) is 4.88 Å². The molecule has 28 heavy (non-hydrogen) atoms. The summed E-state index contributed by atoms with van der Waals surface area (Å²) >= 11 is 1.07. The molecule has 1 N–H and O–H groups in total. The Morgan fingerprint density at radius 3 is 2.61 bits per heavy atom. The highest BCUT2D eigenvalue weighted by Gasteiger charge is 2.10. The molecule has 6 nitrogen and oxygen atoms in total. The third-order valence-corrected chi connectivity index (χ3v) is 5.24. The maximum absolute atomic E-state index is 11.0. The van der Waals surface area contributed by atoms with Gasteiger partial charge in [-0.1, -0.05) is 47.7 Å². The molecule has 0 amide bonds. The van der Waals surface area contributed by atoms with Crippen LogP contribution in [0.2, 0.25) is 0 Å². The Hall–Kier alpha value is -3.06. The number of ether oxygens (including phenoxy) is 2. The van der Waals surface area contributed by atoms with Crippen molar-refractivity contribution < 1.29 is 19.4 Å². The van der Waals surface area contributed by atoms with Crippen molar-refractivity contribution in [2.75, 3.05) is 19.0 Å². The minimum Gasteiger partial charge on any atom is -0.544 e. The van der Waals surface area contributed by atoms with E-state index in [0.717, 1.165) is 23.3 Å². The van der Waals surface area contributed by atoms with Gasteiger partial charge in [0.15, 0.2) is 16.6 Å². The highest BCUT2D eigenvalue weighted by Crippen LogP contribution is 2.29. The summed E-state index contributed by atoms with van der Waals surface area (Å²) in [7, 11) is 1.60. The molecule has 146 valence electrons. The van der Waals surface area contributed by atoms with E-state index in [1.807, 2.05) is 36.4 Å². The Morgan fingerprint density at radius 1 is 1.14 bits per heavy atom. The predicted octanol–water partition coefficient (Wildman–Crippen LogP) is 3.06. The minimum absolute atomic E-state index is 0.141. The number of nitrogens with one attached hydrogen (secondary N) is 1. The predicted molar refractivity (Wildman–Crippen MR) is 107 cm³/mol. The number of hydrogen-bond donors (Lipinski definition) is 1. The number of carbonyl (C=O) groups excluding carboxylic acids is 1. The van der Waals surface area contributed by atoms with E-state index >= 15 is 0 Å². The Labute approximate surface area is 167 Å². The maximum atomic E-state index is 11.0. The molecule has 1 heterocycles. The molecule has 7 heteroatoms. The molecular weight excluding hydrogens is 376 g/mol. The number of carboxylic acids is 1. The number of methoxy groups -OCH3 is 1. The Morgan fingerprint density at radius 2 is 1.93 bits per heavy atom. The average molecular weight is 397 g/mol. The number of rotatable bonds is 9. The maximum Gasteiger partial charge on any atom is 0.183 e. The lowest BCUT2D eigenvalue weighted by Crippen LogP contribution is -2.21. The first kappa shape index (κ1) is 19.7. The van der Waals surface area contributed by atoms with Crippen LogP contribution in [0.4, 0.5) is 5.13 Å². The van der Waals surface area contributed by atoms with Crippen molar-refractivity contribution in [1.29, 1.82) is 0 Å². The fourth-order valence-electron chi connectivity index (χ4n) is 2.70. The van der Waals surface area contributed by atoms with Crippen LogP contribution in [0.1, 0.15) is 26.5 Å². The average Bonchev–Trinajstić information content (AvgIpc) is 3.08. The van der Waals surface area contributed by atoms with Crippen LogP contribution in [0, 0.1) is 6.92 Å². The van der Waals surface area contributed by atoms with Crippen molar-refractivity contribution in [3.05, 3.63) is 70.2 Å². The first-order valence-electron chi connectivity index (χ1n) is 8.83. The molecule has 0 aliphatic heterocycles. The highest BCUT2D eigenvalue weighted by atomic mass is 32.1. The van der Waals surface area contributed by atoms with Crippen LogP contribution in [-0.2, 0) is 13.0 Å². The van der Waals surface area contributed by atoms with Crippen molar-refractivity contribution in [2.45, 2.75) is 19.9 Å². The van der Waals surface area contributed by atoms with Gasteiger partial charge >= 0.3 is 0 Å². The SMILES string of the molecule is COc1cc(CNc2nc(C)c(C(=O)[O-])s2)ccc1OCCc1ccccc1. The summed E-state index contributed by atoms with van der Waals surface area (Å²) in [6.07, 6.45) is 0.817. The van der Waals surface area contributed by atoms with Gasteiger partial charge in [0.1, 0.15) is 0 Å². The minimum atomic E-state index is -1.21. The molecule has 0 radical (unpaired) electrons. The second kappa shape index (κ2) is 9.23. The summed E-state index contributed by atoms with van der Waals surface area (Å²) in [5.41, 5.74) is 2.64. The Kier molecular flexibility index (Phi) is 6.49.